The van der Waals surface area contributed by atoms with Gasteiger partial charge < -0.3 is 21.1 Å². The van der Waals surface area contributed by atoms with Crippen LogP contribution in [0.2, 0.25) is 10.0 Å². The number of carbonyl (C=O) groups is 2. The molecule has 190 valence electrons. The summed E-state index contributed by atoms with van der Waals surface area (Å²) < 4.78 is 34.3. The van der Waals surface area contributed by atoms with Gasteiger partial charge in [0.1, 0.15) is 6.10 Å². The topological polar surface area (TPSA) is 131 Å². The molecule has 2 aliphatic rings. The quantitative estimate of drug-likeness (QED) is 0.442. The Kier molecular flexibility index (Phi) is 9.45. The molecule has 1 aromatic carbocycles. The van der Waals surface area contributed by atoms with E-state index in [2.05, 4.69) is 10.6 Å². The van der Waals surface area contributed by atoms with E-state index < -0.39 is 33.8 Å². The third-order valence-electron chi connectivity index (χ3n) is 6.26. The highest BCUT2D eigenvalue weighted by atomic mass is 35.5. The lowest BCUT2D eigenvalue weighted by molar-refractivity contribution is -0.129. The lowest BCUT2D eigenvalue weighted by Gasteiger charge is -2.34. The van der Waals surface area contributed by atoms with Crippen molar-refractivity contribution in [3.05, 3.63) is 22.2 Å². The van der Waals surface area contributed by atoms with Crippen molar-refractivity contribution >= 4 is 45.0 Å². The van der Waals surface area contributed by atoms with Gasteiger partial charge in [0, 0.05) is 12.3 Å². The predicted molar refractivity (Wildman–Crippen MR) is 130 cm³/mol. The van der Waals surface area contributed by atoms with E-state index in [0.717, 1.165) is 30.2 Å². The first-order chi connectivity index (χ1) is 16.1. The van der Waals surface area contributed by atoms with Crippen LogP contribution in [0.4, 0.5) is 0 Å². The fourth-order valence-corrected chi connectivity index (χ4v) is 6.59. The minimum atomic E-state index is -4.26. The van der Waals surface area contributed by atoms with Crippen molar-refractivity contribution in [1.29, 1.82) is 0 Å². The molecule has 12 heteroatoms. The van der Waals surface area contributed by atoms with Gasteiger partial charge in [-0.05, 0) is 70.4 Å². The van der Waals surface area contributed by atoms with Gasteiger partial charge in [0.25, 0.3) is 10.0 Å². The largest absolute Gasteiger partial charge is 0.487 e. The fraction of sp³-hybridized carbons (Fsp3) is 0.636. The maximum Gasteiger partial charge on any atom is 0.266 e. The monoisotopic (exact) mass is 534 g/mol. The van der Waals surface area contributed by atoms with E-state index in [1.165, 1.54) is 12.1 Å². The van der Waals surface area contributed by atoms with E-state index in [0.29, 0.717) is 25.9 Å². The molecular formula is C22H32Cl2N4O5S. The number of nitrogens with zero attached hydrogens (tertiary/aromatic N) is 1. The summed E-state index contributed by atoms with van der Waals surface area (Å²) in [5.74, 6) is -1.42. The molecule has 4 N–H and O–H groups in total. The fourth-order valence-electron chi connectivity index (χ4n) is 4.16. The van der Waals surface area contributed by atoms with Crippen LogP contribution in [-0.4, -0.2) is 62.9 Å². The number of nitrogens with one attached hydrogen (secondary N) is 2. The average molecular weight is 535 g/mol. The molecule has 2 saturated heterocycles. The standard InChI is InChI=1S/C22H32Cl2N4O5S/c1-14(22(25)30)2-3-20(29)28(15-4-8-26-9-5-15)34(31,32)17-12-18(23)21(19(24)13-17)33-16-6-10-27-11-7-16/h12-16,26-27H,2-11H2,1H3,(H2,25,30)/t14-/m0/s1. The summed E-state index contributed by atoms with van der Waals surface area (Å²) in [7, 11) is -4.26. The van der Waals surface area contributed by atoms with Crippen LogP contribution in [0.1, 0.15) is 45.4 Å². The Labute approximate surface area is 210 Å². The van der Waals surface area contributed by atoms with Crippen LogP contribution in [0.25, 0.3) is 0 Å². The predicted octanol–water partition coefficient (Wildman–Crippen LogP) is 2.30. The summed E-state index contributed by atoms with van der Waals surface area (Å²) in [5, 5.41) is 6.56. The van der Waals surface area contributed by atoms with Crippen molar-refractivity contribution < 1.29 is 22.7 Å². The molecule has 0 radical (unpaired) electrons. The molecule has 1 aromatic rings. The van der Waals surface area contributed by atoms with Crippen LogP contribution in [0.15, 0.2) is 17.0 Å². The van der Waals surface area contributed by atoms with Crippen LogP contribution in [-0.2, 0) is 19.6 Å². The van der Waals surface area contributed by atoms with E-state index >= 15 is 0 Å². The van der Waals surface area contributed by atoms with E-state index in [1.54, 1.807) is 6.92 Å². The second-order valence-electron chi connectivity index (χ2n) is 8.80. The van der Waals surface area contributed by atoms with Gasteiger partial charge in [-0.25, -0.2) is 12.7 Å². The second kappa shape index (κ2) is 11.9. The Morgan fingerprint density at radius 1 is 1.09 bits per heavy atom. The summed E-state index contributed by atoms with van der Waals surface area (Å²) in [5.41, 5.74) is 5.30. The molecule has 0 saturated carbocycles. The number of halogens is 2. The Bertz CT molecular complexity index is 972. The van der Waals surface area contributed by atoms with Crippen LogP contribution < -0.4 is 21.1 Å². The molecule has 0 bridgehead atoms. The number of amides is 2. The number of benzene rings is 1. The first-order valence-electron chi connectivity index (χ1n) is 11.5. The Balaban J connectivity index is 1.88. The zero-order valence-electron chi connectivity index (χ0n) is 19.2. The molecule has 1 atom stereocenters. The number of carbonyl (C=O) groups excluding carboxylic acids is 2. The van der Waals surface area contributed by atoms with Gasteiger partial charge in [0.15, 0.2) is 5.75 Å². The van der Waals surface area contributed by atoms with E-state index in [9.17, 15) is 18.0 Å². The number of primary amides is 1. The maximum absolute atomic E-state index is 13.7. The lowest BCUT2D eigenvalue weighted by Crippen LogP contribution is -2.49. The third kappa shape index (κ3) is 6.54. The Morgan fingerprint density at radius 2 is 1.62 bits per heavy atom. The molecule has 2 amide bonds. The zero-order chi connectivity index (χ0) is 24.9. The first-order valence-corrected chi connectivity index (χ1v) is 13.7. The minimum absolute atomic E-state index is 0.0706. The number of rotatable bonds is 9. The number of ether oxygens (including phenoxy) is 1. The van der Waals surface area contributed by atoms with Crippen LogP contribution in [0, 0.1) is 5.92 Å². The van der Waals surface area contributed by atoms with Crippen molar-refractivity contribution in [3.8, 4) is 5.75 Å². The summed E-state index contributed by atoms with van der Waals surface area (Å²) in [6.45, 7) is 4.42. The molecule has 0 aromatic heterocycles. The molecular weight excluding hydrogens is 503 g/mol. The number of nitrogens with two attached hydrogens (primary N) is 1. The van der Waals surface area contributed by atoms with Crippen molar-refractivity contribution in [2.75, 3.05) is 26.2 Å². The van der Waals surface area contributed by atoms with Gasteiger partial charge in [0.2, 0.25) is 11.8 Å². The van der Waals surface area contributed by atoms with E-state index in [4.69, 9.17) is 33.7 Å². The zero-order valence-corrected chi connectivity index (χ0v) is 21.5. The van der Waals surface area contributed by atoms with Gasteiger partial charge in [-0.3, -0.25) is 9.59 Å². The smallest absolute Gasteiger partial charge is 0.266 e. The van der Waals surface area contributed by atoms with Crippen molar-refractivity contribution in [2.24, 2.45) is 11.7 Å². The summed E-state index contributed by atoms with van der Waals surface area (Å²) in [6.07, 6.45) is 2.51. The van der Waals surface area contributed by atoms with Gasteiger partial charge in [-0.2, -0.15) is 0 Å². The second-order valence-corrected chi connectivity index (χ2v) is 11.4. The Hall–Kier alpha value is -1.59. The molecule has 3 rings (SSSR count). The summed E-state index contributed by atoms with van der Waals surface area (Å²) >= 11 is 12.8. The molecule has 0 spiro atoms. The average Bonchev–Trinajstić information content (AvgIpc) is 2.81. The molecule has 34 heavy (non-hydrogen) atoms. The normalized spacial score (nSPS) is 18.9. The highest BCUT2D eigenvalue weighted by molar-refractivity contribution is 7.89. The van der Waals surface area contributed by atoms with Gasteiger partial charge >= 0.3 is 0 Å². The van der Waals surface area contributed by atoms with Crippen LogP contribution >= 0.6 is 23.2 Å². The summed E-state index contributed by atoms with van der Waals surface area (Å²) in [6, 6.07) is 2.06. The van der Waals surface area contributed by atoms with E-state index in [1.807, 2.05) is 0 Å². The molecule has 2 heterocycles. The van der Waals surface area contributed by atoms with E-state index in [-0.39, 0.29) is 39.6 Å². The minimum Gasteiger partial charge on any atom is -0.487 e. The molecule has 2 fully saturated rings. The highest BCUT2D eigenvalue weighted by Crippen LogP contribution is 2.38. The third-order valence-corrected chi connectivity index (χ3v) is 8.67. The van der Waals surface area contributed by atoms with Crippen molar-refractivity contribution in [2.45, 2.75) is 62.5 Å². The number of piperidine rings is 2. The molecule has 0 aliphatic carbocycles. The summed E-state index contributed by atoms with van der Waals surface area (Å²) in [4.78, 5) is 24.4. The molecule has 9 nitrogen and oxygen atoms in total. The molecule has 0 unspecified atom stereocenters. The SMILES string of the molecule is C[C@@H](CCC(=O)N(C1CCNCC1)S(=O)(=O)c1cc(Cl)c(OC2CCNCC2)c(Cl)c1)C(N)=O. The van der Waals surface area contributed by atoms with Crippen LogP contribution in [0.3, 0.4) is 0 Å². The highest BCUT2D eigenvalue weighted by Gasteiger charge is 2.37. The lowest BCUT2D eigenvalue weighted by atomic mass is 10.0. The van der Waals surface area contributed by atoms with Gasteiger partial charge in [-0.15, -0.1) is 0 Å². The van der Waals surface area contributed by atoms with Gasteiger partial charge in [-0.1, -0.05) is 30.1 Å². The first kappa shape index (κ1) is 27.0. The number of hydrogen-bond donors (Lipinski definition) is 3. The molecule has 2 aliphatic heterocycles. The van der Waals surface area contributed by atoms with Crippen molar-refractivity contribution in [1.82, 2.24) is 14.9 Å². The van der Waals surface area contributed by atoms with Gasteiger partial charge in [0.05, 0.1) is 21.0 Å². The Morgan fingerprint density at radius 3 is 2.15 bits per heavy atom. The maximum atomic E-state index is 13.7. The van der Waals surface area contributed by atoms with Crippen molar-refractivity contribution in [3.63, 3.8) is 0 Å². The number of hydrogen-bond acceptors (Lipinski definition) is 7. The van der Waals surface area contributed by atoms with Crippen LogP contribution in [0.5, 0.6) is 5.75 Å². The number of sulfonamides is 1.